The van der Waals surface area contributed by atoms with Gasteiger partial charge < -0.3 is 0 Å². The summed E-state index contributed by atoms with van der Waals surface area (Å²) < 4.78 is 22.5. The maximum absolute atomic E-state index is 9.64. The Morgan fingerprint density at radius 3 is 2.19 bits per heavy atom. The van der Waals surface area contributed by atoms with Gasteiger partial charge in [0, 0.05) is 5.92 Å². The summed E-state index contributed by atoms with van der Waals surface area (Å²) in [5, 5.41) is 0. The number of fused-ring (bicyclic) bond motifs is 3. The van der Waals surface area contributed by atoms with Gasteiger partial charge in [-0.3, -0.25) is 0 Å². The molecule has 5 rings (SSSR count). The Labute approximate surface area is 97.2 Å². The monoisotopic (exact) mass is 237 g/mol. The van der Waals surface area contributed by atoms with Crippen LogP contribution in [0.1, 0.15) is 42.9 Å². The van der Waals surface area contributed by atoms with E-state index in [-0.39, 0.29) is 6.04 Å². The minimum Gasteiger partial charge on any atom is -0.169 e. The average molecular weight is 237 g/mol. The molecule has 1 aromatic rings. The zero-order chi connectivity index (χ0) is 11.7. The summed E-state index contributed by atoms with van der Waals surface area (Å²) in [4.78, 5) is 0. The third kappa shape index (κ3) is 2.02. The van der Waals surface area contributed by atoms with E-state index < -0.39 is 10.5 Å². The SMILES string of the molecule is CC(C)N=S(=O)=O.c1cc2c3c(c1)C2CC3. The van der Waals surface area contributed by atoms with Crippen LogP contribution in [-0.2, 0) is 16.9 Å². The minimum absolute atomic E-state index is 0.113. The van der Waals surface area contributed by atoms with Crippen molar-refractivity contribution >= 4 is 10.5 Å². The highest BCUT2D eigenvalue weighted by atomic mass is 32.2. The predicted octanol–water partition coefficient (Wildman–Crippen LogP) is 2.54. The van der Waals surface area contributed by atoms with E-state index in [2.05, 4.69) is 22.6 Å². The second kappa shape index (κ2) is 4.37. The van der Waals surface area contributed by atoms with Crippen LogP contribution in [0.25, 0.3) is 0 Å². The zero-order valence-corrected chi connectivity index (χ0v) is 10.3. The van der Waals surface area contributed by atoms with Gasteiger partial charge in [0.05, 0.1) is 6.04 Å². The quantitative estimate of drug-likeness (QED) is 0.753. The van der Waals surface area contributed by atoms with Gasteiger partial charge >= 0.3 is 10.5 Å². The maximum atomic E-state index is 9.64. The molecule has 0 spiro atoms. The van der Waals surface area contributed by atoms with Gasteiger partial charge in [-0.2, -0.15) is 12.8 Å². The molecule has 0 amide bonds. The van der Waals surface area contributed by atoms with Crippen molar-refractivity contribution < 1.29 is 8.42 Å². The molecule has 3 nitrogen and oxygen atoms in total. The molecule has 4 aliphatic carbocycles. The number of benzene rings is 1. The van der Waals surface area contributed by atoms with Crippen LogP contribution in [0, 0.1) is 0 Å². The lowest BCUT2D eigenvalue weighted by molar-refractivity contribution is 0.617. The first kappa shape index (κ1) is 11.3. The lowest BCUT2D eigenvalue weighted by atomic mass is 9.82. The molecule has 0 heterocycles. The fourth-order valence-corrected chi connectivity index (χ4v) is 2.77. The molecule has 1 aromatic carbocycles. The number of aryl methyl sites for hydroxylation is 1. The molecule has 16 heavy (non-hydrogen) atoms. The van der Waals surface area contributed by atoms with Gasteiger partial charge in [0.15, 0.2) is 0 Å². The third-order valence-corrected chi connectivity index (χ3v) is 3.57. The molecule has 0 saturated heterocycles. The van der Waals surface area contributed by atoms with Crippen LogP contribution < -0.4 is 0 Å². The van der Waals surface area contributed by atoms with Gasteiger partial charge in [-0.1, -0.05) is 18.2 Å². The lowest BCUT2D eigenvalue weighted by Crippen LogP contribution is -2.06. The Hall–Kier alpha value is -1.16. The minimum atomic E-state index is -2.22. The fraction of sp³-hybridized carbons (Fsp3) is 0.500. The summed E-state index contributed by atoms with van der Waals surface area (Å²) in [7, 11) is -2.22. The molecule has 0 aromatic heterocycles. The topological polar surface area (TPSA) is 46.5 Å². The number of hydrogen-bond donors (Lipinski definition) is 0. The summed E-state index contributed by atoms with van der Waals surface area (Å²) in [5.74, 6) is 0.880. The average Bonchev–Trinajstić information content (AvgIpc) is 2.79. The molecule has 0 fully saturated rings. The molecule has 0 radical (unpaired) electrons. The van der Waals surface area contributed by atoms with Crippen molar-refractivity contribution in [2.24, 2.45) is 4.36 Å². The predicted molar refractivity (Wildman–Crippen MR) is 63.1 cm³/mol. The standard InChI is InChI=1S/C9H8.C3H7NO2S/c1-2-6-8-4-5-9(6)7(8)3-1;1-3(2)4-7(5)6/h1-3,8H,4-5H2;3H,1-2H3. The molecule has 4 bridgehead atoms. The molecule has 0 unspecified atom stereocenters. The van der Waals surface area contributed by atoms with E-state index in [0.717, 1.165) is 5.92 Å². The Balaban J connectivity index is 0.000000127. The molecule has 4 heteroatoms. The Kier molecular flexibility index (Phi) is 3.10. The van der Waals surface area contributed by atoms with Gasteiger partial charge in [0.25, 0.3) is 0 Å². The molecule has 0 aliphatic heterocycles. The van der Waals surface area contributed by atoms with Crippen LogP contribution in [0.4, 0.5) is 0 Å². The van der Waals surface area contributed by atoms with Gasteiger partial charge in [-0.25, -0.2) is 0 Å². The van der Waals surface area contributed by atoms with Crippen molar-refractivity contribution in [2.75, 3.05) is 0 Å². The van der Waals surface area contributed by atoms with E-state index in [0.29, 0.717) is 0 Å². The highest BCUT2D eigenvalue weighted by Gasteiger charge is 2.36. The van der Waals surface area contributed by atoms with E-state index in [1.807, 2.05) is 0 Å². The summed E-state index contributed by atoms with van der Waals surface area (Å²) in [6.07, 6.45) is 2.76. The van der Waals surface area contributed by atoms with Crippen LogP contribution in [0.15, 0.2) is 22.6 Å². The number of rotatable bonds is 1. The van der Waals surface area contributed by atoms with E-state index in [1.165, 1.54) is 12.8 Å². The highest BCUT2D eigenvalue weighted by Crippen LogP contribution is 2.50. The van der Waals surface area contributed by atoms with E-state index in [9.17, 15) is 8.42 Å². The maximum Gasteiger partial charge on any atom is 0.311 e. The Morgan fingerprint density at radius 2 is 1.94 bits per heavy atom. The molecule has 86 valence electrons. The summed E-state index contributed by atoms with van der Waals surface area (Å²) in [6.45, 7) is 3.41. The highest BCUT2D eigenvalue weighted by molar-refractivity contribution is 7.61. The van der Waals surface area contributed by atoms with Crippen LogP contribution in [0.2, 0.25) is 0 Å². The van der Waals surface area contributed by atoms with Crippen molar-refractivity contribution in [1.29, 1.82) is 0 Å². The van der Waals surface area contributed by atoms with Crippen molar-refractivity contribution in [2.45, 2.75) is 38.6 Å². The van der Waals surface area contributed by atoms with Crippen molar-refractivity contribution in [1.82, 2.24) is 0 Å². The first-order valence-corrected chi connectivity index (χ1v) is 6.54. The van der Waals surface area contributed by atoms with Crippen LogP contribution in [0.3, 0.4) is 0 Å². The largest absolute Gasteiger partial charge is 0.311 e. The van der Waals surface area contributed by atoms with Gasteiger partial charge in [-0.05, 0) is 43.4 Å². The zero-order valence-electron chi connectivity index (χ0n) is 9.47. The second-order valence-corrected chi connectivity index (χ2v) is 5.07. The second-order valence-electron chi connectivity index (χ2n) is 4.42. The van der Waals surface area contributed by atoms with E-state index >= 15 is 0 Å². The Morgan fingerprint density at radius 1 is 1.31 bits per heavy atom. The molecule has 4 aliphatic rings. The Bertz CT molecular complexity index is 502. The van der Waals surface area contributed by atoms with Gasteiger partial charge in [0.2, 0.25) is 0 Å². The van der Waals surface area contributed by atoms with Gasteiger partial charge in [0.1, 0.15) is 0 Å². The number of hydrogen-bond acceptors (Lipinski definition) is 3. The smallest absolute Gasteiger partial charge is 0.169 e. The molecule has 0 saturated carbocycles. The summed E-state index contributed by atoms with van der Waals surface area (Å²) >= 11 is 0. The summed E-state index contributed by atoms with van der Waals surface area (Å²) in [6, 6.07) is 6.62. The first-order valence-electron chi connectivity index (χ1n) is 5.51. The summed E-state index contributed by atoms with van der Waals surface area (Å²) in [5.41, 5.74) is 4.96. The first-order chi connectivity index (χ1) is 7.59. The fourth-order valence-electron chi connectivity index (χ4n) is 2.43. The van der Waals surface area contributed by atoms with E-state index in [1.54, 1.807) is 30.5 Å². The van der Waals surface area contributed by atoms with Crippen molar-refractivity contribution in [3.63, 3.8) is 0 Å². The van der Waals surface area contributed by atoms with E-state index in [4.69, 9.17) is 0 Å². The van der Waals surface area contributed by atoms with Crippen LogP contribution >= 0.6 is 0 Å². The third-order valence-electron chi connectivity index (χ3n) is 2.98. The van der Waals surface area contributed by atoms with Crippen LogP contribution in [0.5, 0.6) is 0 Å². The normalized spacial score (nSPS) is 15.2. The molecule has 0 atom stereocenters. The molecular formula is C12H15NO2S. The number of nitrogens with zero attached hydrogens (tertiary/aromatic N) is 1. The molecule has 0 N–H and O–H groups in total. The van der Waals surface area contributed by atoms with Crippen molar-refractivity contribution in [3.8, 4) is 0 Å². The van der Waals surface area contributed by atoms with Gasteiger partial charge in [-0.15, -0.1) is 0 Å². The van der Waals surface area contributed by atoms with Crippen LogP contribution in [-0.4, -0.2) is 14.5 Å². The molecular weight excluding hydrogens is 222 g/mol. The lowest BCUT2D eigenvalue weighted by Gasteiger charge is -2.22. The van der Waals surface area contributed by atoms with Crippen molar-refractivity contribution in [3.05, 3.63) is 34.9 Å².